The lowest BCUT2D eigenvalue weighted by Gasteiger charge is -2.39. The van der Waals surface area contributed by atoms with Crippen LogP contribution in [-0.2, 0) is 4.79 Å². The molecule has 0 radical (unpaired) electrons. The maximum Gasteiger partial charge on any atom is 0.226 e. The van der Waals surface area contributed by atoms with Gasteiger partial charge in [-0.3, -0.25) is 4.79 Å². The summed E-state index contributed by atoms with van der Waals surface area (Å²) in [5, 5.41) is 3.21. The van der Waals surface area contributed by atoms with Crippen molar-refractivity contribution in [3.05, 3.63) is 0 Å². The quantitative estimate of drug-likeness (QED) is 0.772. The Labute approximate surface area is 99.2 Å². The average molecular weight is 226 g/mol. The van der Waals surface area contributed by atoms with Gasteiger partial charge in [-0.1, -0.05) is 40.0 Å². The minimum atomic E-state index is -0.278. The fourth-order valence-corrected chi connectivity index (χ4v) is 2.18. The number of rotatable bonds is 4. The molecule has 1 saturated carbocycles. The third-order valence-corrected chi connectivity index (χ3v) is 4.08. The van der Waals surface area contributed by atoms with Gasteiger partial charge in [-0.15, -0.1) is 0 Å². The van der Waals surface area contributed by atoms with Crippen LogP contribution in [0.1, 0.15) is 59.3 Å². The van der Waals surface area contributed by atoms with Crippen molar-refractivity contribution in [1.29, 1.82) is 0 Å². The molecule has 0 unspecified atom stereocenters. The van der Waals surface area contributed by atoms with Crippen LogP contribution in [-0.4, -0.2) is 18.0 Å². The molecule has 0 bridgehead atoms. The van der Waals surface area contributed by atoms with E-state index in [1.54, 1.807) is 0 Å². The second-order valence-corrected chi connectivity index (χ2v) is 5.74. The van der Waals surface area contributed by atoms with Crippen molar-refractivity contribution < 1.29 is 4.79 Å². The van der Waals surface area contributed by atoms with E-state index in [2.05, 4.69) is 12.2 Å². The molecule has 0 aromatic rings. The molecule has 1 amide bonds. The summed E-state index contributed by atoms with van der Waals surface area (Å²) >= 11 is 0. The Bertz CT molecular complexity index is 242. The van der Waals surface area contributed by atoms with Crippen LogP contribution in [0.3, 0.4) is 0 Å². The summed E-state index contributed by atoms with van der Waals surface area (Å²) in [4.78, 5) is 12.2. The summed E-state index contributed by atoms with van der Waals surface area (Å²) in [6, 6.07) is 0. The minimum absolute atomic E-state index is 0.123. The van der Waals surface area contributed by atoms with E-state index in [1.807, 2.05) is 13.8 Å². The highest BCUT2D eigenvalue weighted by molar-refractivity contribution is 5.82. The molecule has 0 aromatic carbocycles. The SMILES string of the molecule is CCC(C)(C)C(=O)NC1(CN)CCCCC1. The number of amides is 1. The van der Waals surface area contributed by atoms with Gasteiger partial charge in [-0.25, -0.2) is 0 Å². The average Bonchev–Trinajstić information content (AvgIpc) is 2.30. The Morgan fingerprint density at radius 3 is 2.31 bits per heavy atom. The van der Waals surface area contributed by atoms with Gasteiger partial charge in [0.25, 0.3) is 0 Å². The first kappa shape index (κ1) is 13.5. The molecule has 1 rings (SSSR count). The second kappa shape index (κ2) is 5.17. The van der Waals surface area contributed by atoms with E-state index in [9.17, 15) is 4.79 Å². The van der Waals surface area contributed by atoms with Crippen LogP contribution in [0, 0.1) is 5.41 Å². The first-order valence-corrected chi connectivity index (χ1v) is 6.48. The fourth-order valence-electron chi connectivity index (χ4n) is 2.18. The van der Waals surface area contributed by atoms with Crippen molar-refractivity contribution in [3.8, 4) is 0 Å². The summed E-state index contributed by atoms with van der Waals surface area (Å²) in [5.74, 6) is 0.155. The van der Waals surface area contributed by atoms with Crippen molar-refractivity contribution in [3.63, 3.8) is 0 Å². The van der Waals surface area contributed by atoms with Gasteiger partial charge in [-0.2, -0.15) is 0 Å². The highest BCUT2D eigenvalue weighted by Crippen LogP contribution is 2.29. The van der Waals surface area contributed by atoms with Crippen molar-refractivity contribution in [2.75, 3.05) is 6.54 Å². The van der Waals surface area contributed by atoms with E-state index in [0.29, 0.717) is 6.54 Å². The second-order valence-electron chi connectivity index (χ2n) is 5.74. The third kappa shape index (κ3) is 2.97. The lowest BCUT2D eigenvalue weighted by Crippen LogP contribution is -2.57. The Balaban J connectivity index is 2.66. The first-order valence-electron chi connectivity index (χ1n) is 6.48. The molecule has 3 heteroatoms. The molecular formula is C13H26N2O. The summed E-state index contributed by atoms with van der Waals surface area (Å²) in [6.45, 7) is 6.61. The van der Waals surface area contributed by atoms with E-state index in [1.165, 1.54) is 19.3 Å². The molecule has 0 aromatic heterocycles. The highest BCUT2D eigenvalue weighted by atomic mass is 16.2. The number of carbonyl (C=O) groups is 1. The number of nitrogens with two attached hydrogens (primary N) is 1. The molecule has 16 heavy (non-hydrogen) atoms. The molecule has 0 heterocycles. The van der Waals surface area contributed by atoms with Crippen LogP contribution in [0.2, 0.25) is 0 Å². The number of carbonyl (C=O) groups excluding carboxylic acids is 1. The Kier molecular flexibility index (Phi) is 4.36. The molecule has 1 fully saturated rings. The topological polar surface area (TPSA) is 55.1 Å². The van der Waals surface area contributed by atoms with Crippen LogP contribution in [0.15, 0.2) is 0 Å². The van der Waals surface area contributed by atoms with Crippen LogP contribution in [0.5, 0.6) is 0 Å². The van der Waals surface area contributed by atoms with Gasteiger partial charge >= 0.3 is 0 Å². The van der Waals surface area contributed by atoms with Gasteiger partial charge in [-0.05, 0) is 19.3 Å². The van der Waals surface area contributed by atoms with E-state index < -0.39 is 0 Å². The summed E-state index contributed by atoms with van der Waals surface area (Å²) in [7, 11) is 0. The van der Waals surface area contributed by atoms with Gasteiger partial charge in [0.05, 0.1) is 5.54 Å². The Hall–Kier alpha value is -0.570. The van der Waals surface area contributed by atoms with Gasteiger partial charge in [0, 0.05) is 12.0 Å². The van der Waals surface area contributed by atoms with Crippen molar-refractivity contribution in [2.45, 2.75) is 64.8 Å². The van der Waals surface area contributed by atoms with Crippen LogP contribution >= 0.6 is 0 Å². The molecule has 3 nitrogen and oxygen atoms in total. The third-order valence-electron chi connectivity index (χ3n) is 4.08. The Morgan fingerprint density at radius 1 is 1.31 bits per heavy atom. The van der Waals surface area contributed by atoms with Crippen LogP contribution in [0.4, 0.5) is 0 Å². The maximum atomic E-state index is 12.2. The predicted octanol–water partition coefficient (Wildman–Crippen LogP) is 2.20. The van der Waals surface area contributed by atoms with Crippen molar-refractivity contribution >= 4 is 5.91 Å². The van der Waals surface area contributed by atoms with Crippen LogP contribution in [0.25, 0.3) is 0 Å². The lowest BCUT2D eigenvalue weighted by molar-refractivity contribution is -0.131. The first-order chi connectivity index (χ1) is 7.46. The monoisotopic (exact) mass is 226 g/mol. The van der Waals surface area contributed by atoms with Gasteiger partial charge < -0.3 is 11.1 Å². The summed E-state index contributed by atoms with van der Waals surface area (Å²) < 4.78 is 0. The zero-order valence-electron chi connectivity index (χ0n) is 10.9. The zero-order chi connectivity index (χ0) is 12.2. The summed E-state index contributed by atoms with van der Waals surface area (Å²) in [6.07, 6.45) is 6.58. The molecule has 1 aliphatic rings. The largest absolute Gasteiger partial charge is 0.349 e. The smallest absolute Gasteiger partial charge is 0.226 e. The number of hydrogen-bond donors (Lipinski definition) is 2. The number of hydrogen-bond acceptors (Lipinski definition) is 2. The van der Waals surface area contributed by atoms with Gasteiger partial charge in [0.1, 0.15) is 0 Å². The minimum Gasteiger partial charge on any atom is -0.349 e. The van der Waals surface area contributed by atoms with Crippen molar-refractivity contribution in [2.24, 2.45) is 11.1 Å². The van der Waals surface area contributed by atoms with E-state index in [4.69, 9.17) is 5.73 Å². The molecule has 0 aliphatic heterocycles. The normalized spacial score (nSPS) is 20.5. The van der Waals surface area contributed by atoms with E-state index >= 15 is 0 Å². The number of nitrogens with one attached hydrogen (secondary N) is 1. The molecular weight excluding hydrogens is 200 g/mol. The van der Waals surface area contributed by atoms with Crippen LogP contribution < -0.4 is 11.1 Å². The predicted molar refractivity (Wildman–Crippen MR) is 67.1 cm³/mol. The molecule has 0 saturated heterocycles. The van der Waals surface area contributed by atoms with Gasteiger partial charge in [0.15, 0.2) is 0 Å². The summed E-state index contributed by atoms with van der Waals surface area (Å²) in [5.41, 5.74) is 5.46. The molecule has 1 aliphatic carbocycles. The molecule has 0 atom stereocenters. The molecule has 0 spiro atoms. The highest BCUT2D eigenvalue weighted by Gasteiger charge is 2.36. The zero-order valence-corrected chi connectivity index (χ0v) is 10.9. The fraction of sp³-hybridized carbons (Fsp3) is 0.923. The van der Waals surface area contributed by atoms with Crippen molar-refractivity contribution in [1.82, 2.24) is 5.32 Å². The molecule has 3 N–H and O–H groups in total. The van der Waals surface area contributed by atoms with E-state index in [0.717, 1.165) is 19.3 Å². The molecule has 94 valence electrons. The Morgan fingerprint density at radius 2 is 1.88 bits per heavy atom. The standard InChI is InChI=1S/C13H26N2O/c1-4-12(2,3)11(16)15-13(10-14)8-6-5-7-9-13/h4-10,14H2,1-3H3,(H,15,16). The maximum absolute atomic E-state index is 12.2. The lowest BCUT2D eigenvalue weighted by atomic mass is 9.80. The van der Waals surface area contributed by atoms with E-state index in [-0.39, 0.29) is 16.9 Å². The van der Waals surface area contributed by atoms with Gasteiger partial charge in [0.2, 0.25) is 5.91 Å².